The Labute approximate surface area is 126 Å². The minimum atomic E-state index is 0.398. The zero-order valence-corrected chi connectivity index (χ0v) is 14.4. The fourth-order valence-corrected chi connectivity index (χ4v) is 2.61. The molecule has 3 nitrogen and oxygen atoms in total. The minimum Gasteiger partial charge on any atom is -0.380 e. The fourth-order valence-electron chi connectivity index (χ4n) is 2.61. The number of rotatable bonds is 12. The molecular weight excluding hydrogens is 248 g/mol. The third kappa shape index (κ3) is 7.05. The van der Waals surface area contributed by atoms with Gasteiger partial charge < -0.3 is 15.0 Å². The second-order valence-corrected chi connectivity index (χ2v) is 7.00. The number of ether oxygens (including phenoxy) is 1. The Bertz CT molecular complexity index is 247. The number of nitrogens with one attached hydrogen (secondary N) is 1. The van der Waals surface area contributed by atoms with Gasteiger partial charge in [0.2, 0.25) is 0 Å². The highest BCUT2D eigenvalue weighted by atomic mass is 16.5. The summed E-state index contributed by atoms with van der Waals surface area (Å²) in [5.41, 5.74) is 0.398. The second kappa shape index (κ2) is 9.01. The SMILES string of the molecule is CCC(CC)(CNC(C)C)CN(C)CCOCC1CC1. The predicted octanol–water partition coefficient (Wildman–Crippen LogP) is 3.15. The first-order valence-electron chi connectivity index (χ1n) is 8.51. The molecule has 1 aliphatic carbocycles. The monoisotopic (exact) mass is 284 g/mol. The maximum absolute atomic E-state index is 5.75. The third-order valence-electron chi connectivity index (χ3n) is 4.66. The van der Waals surface area contributed by atoms with Crippen molar-refractivity contribution in [2.75, 3.05) is 39.9 Å². The van der Waals surface area contributed by atoms with Crippen molar-refractivity contribution in [1.82, 2.24) is 10.2 Å². The van der Waals surface area contributed by atoms with Crippen LogP contribution >= 0.6 is 0 Å². The first-order valence-corrected chi connectivity index (χ1v) is 8.51. The van der Waals surface area contributed by atoms with Gasteiger partial charge in [-0.1, -0.05) is 27.7 Å². The van der Waals surface area contributed by atoms with Gasteiger partial charge in [0.15, 0.2) is 0 Å². The lowest BCUT2D eigenvalue weighted by atomic mass is 9.81. The van der Waals surface area contributed by atoms with E-state index in [1.807, 2.05) is 0 Å². The molecule has 0 spiro atoms. The average Bonchev–Trinajstić information content (AvgIpc) is 3.24. The molecule has 0 aliphatic heterocycles. The Balaban J connectivity index is 2.26. The second-order valence-electron chi connectivity index (χ2n) is 7.00. The van der Waals surface area contributed by atoms with Crippen molar-refractivity contribution in [2.24, 2.45) is 11.3 Å². The van der Waals surface area contributed by atoms with Crippen LogP contribution in [0, 0.1) is 11.3 Å². The first kappa shape index (κ1) is 17.9. The van der Waals surface area contributed by atoms with Gasteiger partial charge in [-0.2, -0.15) is 0 Å². The first-order chi connectivity index (χ1) is 9.51. The lowest BCUT2D eigenvalue weighted by Crippen LogP contribution is -2.44. The van der Waals surface area contributed by atoms with E-state index in [-0.39, 0.29) is 0 Å². The molecule has 1 fully saturated rings. The molecule has 0 unspecified atom stereocenters. The molecule has 0 radical (unpaired) electrons. The highest BCUT2D eigenvalue weighted by Gasteiger charge is 2.27. The van der Waals surface area contributed by atoms with Gasteiger partial charge in [0.1, 0.15) is 0 Å². The zero-order valence-electron chi connectivity index (χ0n) is 14.4. The van der Waals surface area contributed by atoms with E-state index in [4.69, 9.17) is 4.74 Å². The van der Waals surface area contributed by atoms with Crippen molar-refractivity contribution in [3.05, 3.63) is 0 Å². The predicted molar refractivity (Wildman–Crippen MR) is 87.2 cm³/mol. The summed E-state index contributed by atoms with van der Waals surface area (Å²) in [6, 6.07) is 0.569. The molecule has 0 aromatic rings. The van der Waals surface area contributed by atoms with E-state index in [1.165, 1.54) is 25.7 Å². The summed E-state index contributed by atoms with van der Waals surface area (Å²) in [4.78, 5) is 2.45. The van der Waals surface area contributed by atoms with Gasteiger partial charge in [-0.15, -0.1) is 0 Å². The molecule has 1 rings (SSSR count). The van der Waals surface area contributed by atoms with Gasteiger partial charge in [-0.05, 0) is 44.1 Å². The van der Waals surface area contributed by atoms with Crippen LogP contribution in [0.15, 0.2) is 0 Å². The van der Waals surface area contributed by atoms with E-state index in [2.05, 4.69) is 45.0 Å². The van der Waals surface area contributed by atoms with E-state index in [9.17, 15) is 0 Å². The zero-order chi connectivity index (χ0) is 15.0. The van der Waals surface area contributed by atoms with Crippen molar-refractivity contribution < 1.29 is 4.74 Å². The van der Waals surface area contributed by atoms with E-state index < -0.39 is 0 Å². The van der Waals surface area contributed by atoms with Crippen molar-refractivity contribution in [3.8, 4) is 0 Å². The fraction of sp³-hybridized carbons (Fsp3) is 1.00. The summed E-state index contributed by atoms with van der Waals surface area (Å²) in [5.74, 6) is 0.876. The van der Waals surface area contributed by atoms with E-state index >= 15 is 0 Å². The van der Waals surface area contributed by atoms with Crippen LogP contribution in [0.2, 0.25) is 0 Å². The van der Waals surface area contributed by atoms with E-state index in [0.29, 0.717) is 11.5 Å². The molecule has 1 saturated carbocycles. The van der Waals surface area contributed by atoms with Crippen LogP contribution in [0.25, 0.3) is 0 Å². The van der Waals surface area contributed by atoms with E-state index in [1.54, 1.807) is 0 Å². The normalized spacial score (nSPS) is 16.4. The lowest BCUT2D eigenvalue weighted by molar-refractivity contribution is 0.0826. The quantitative estimate of drug-likeness (QED) is 0.557. The van der Waals surface area contributed by atoms with Crippen LogP contribution in [0.5, 0.6) is 0 Å². The average molecular weight is 284 g/mol. The van der Waals surface area contributed by atoms with Gasteiger partial charge in [-0.3, -0.25) is 0 Å². The highest BCUT2D eigenvalue weighted by Crippen LogP contribution is 2.29. The molecule has 0 atom stereocenters. The number of likely N-dealkylation sites (N-methyl/N-ethyl adjacent to an activating group) is 1. The standard InChI is InChI=1S/C17H36N2O/c1-6-17(7-2,13-18-15(3)4)14-19(5)10-11-20-12-16-8-9-16/h15-16,18H,6-14H2,1-5H3. The molecule has 0 aromatic heterocycles. The Morgan fingerprint density at radius 2 is 1.90 bits per heavy atom. The summed E-state index contributed by atoms with van der Waals surface area (Å²) in [6.07, 6.45) is 5.23. The van der Waals surface area contributed by atoms with Gasteiger partial charge >= 0.3 is 0 Å². The molecule has 120 valence electrons. The van der Waals surface area contributed by atoms with Gasteiger partial charge in [-0.25, -0.2) is 0 Å². The molecule has 1 N–H and O–H groups in total. The van der Waals surface area contributed by atoms with Crippen LogP contribution in [-0.4, -0.2) is 50.8 Å². The molecular formula is C17H36N2O. The van der Waals surface area contributed by atoms with Gasteiger partial charge in [0, 0.05) is 32.3 Å². The van der Waals surface area contributed by atoms with Gasteiger partial charge in [0.05, 0.1) is 6.61 Å². The highest BCUT2D eigenvalue weighted by molar-refractivity contribution is 4.83. The number of nitrogens with zero attached hydrogens (tertiary/aromatic N) is 1. The summed E-state index contributed by atoms with van der Waals surface area (Å²) in [6.45, 7) is 14.3. The van der Waals surface area contributed by atoms with Crippen LogP contribution < -0.4 is 5.32 Å². The van der Waals surface area contributed by atoms with Crippen LogP contribution in [0.3, 0.4) is 0 Å². The largest absolute Gasteiger partial charge is 0.380 e. The molecule has 20 heavy (non-hydrogen) atoms. The Kier molecular flexibility index (Phi) is 8.08. The summed E-state index contributed by atoms with van der Waals surface area (Å²) < 4.78 is 5.75. The van der Waals surface area contributed by atoms with Crippen molar-refractivity contribution in [1.29, 1.82) is 0 Å². The Morgan fingerprint density at radius 3 is 2.40 bits per heavy atom. The summed E-state index contributed by atoms with van der Waals surface area (Å²) in [5, 5.41) is 3.63. The molecule has 0 saturated heterocycles. The maximum atomic E-state index is 5.75. The van der Waals surface area contributed by atoms with Crippen molar-refractivity contribution >= 4 is 0 Å². The number of hydrogen-bond acceptors (Lipinski definition) is 3. The lowest BCUT2D eigenvalue weighted by Gasteiger charge is -2.36. The summed E-state index contributed by atoms with van der Waals surface area (Å²) in [7, 11) is 2.23. The van der Waals surface area contributed by atoms with Crippen LogP contribution in [0.1, 0.15) is 53.4 Å². The van der Waals surface area contributed by atoms with Crippen LogP contribution in [-0.2, 0) is 4.74 Å². The smallest absolute Gasteiger partial charge is 0.0593 e. The Hall–Kier alpha value is -0.120. The van der Waals surface area contributed by atoms with E-state index in [0.717, 1.165) is 38.8 Å². The molecule has 1 aliphatic rings. The molecule has 0 aromatic carbocycles. The van der Waals surface area contributed by atoms with Crippen LogP contribution in [0.4, 0.5) is 0 Å². The van der Waals surface area contributed by atoms with Crippen molar-refractivity contribution in [2.45, 2.75) is 59.4 Å². The maximum Gasteiger partial charge on any atom is 0.0593 e. The summed E-state index contributed by atoms with van der Waals surface area (Å²) >= 11 is 0. The third-order valence-corrected chi connectivity index (χ3v) is 4.66. The molecule has 0 amide bonds. The Morgan fingerprint density at radius 1 is 1.25 bits per heavy atom. The number of hydrogen-bond donors (Lipinski definition) is 1. The molecule has 0 bridgehead atoms. The van der Waals surface area contributed by atoms with Gasteiger partial charge in [0.25, 0.3) is 0 Å². The topological polar surface area (TPSA) is 24.5 Å². The minimum absolute atomic E-state index is 0.398. The molecule has 0 heterocycles. The molecule has 3 heteroatoms. The van der Waals surface area contributed by atoms with Crippen molar-refractivity contribution in [3.63, 3.8) is 0 Å².